The van der Waals surface area contributed by atoms with Crippen LogP contribution in [0.3, 0.4) is 0 Å². The van der Waals surface area contributed by atoms with Gasteiger partial charge in [0.25, 0.3) is 0 Å². The quantitative estimate of drug-likeness (QED) is 0.929. The van der Waals surface area contributed by atoms with Crippen molar-refractivity contribution in [3.8, 4) is 0 Å². The fourth-order valence-electron chi connectivity index (χ4n) is 3.43. The number of benzene rings is 1. The van der Waals surface area contributed by atoms with E-state index in [9.17, 15) is 5.11 Å². The standard InChI is InChI=1S/C18H24N2O/c1-13(2)17(18(21)14-8-4-3-5-9-14)20-12-19-15-10-6-7-11-16(15)20/h3-5,8-9,12-13,17-18,21H,6-7,10-11H2,1-2H3. The minimum Gasteiger partial charge on any atom is -0.386 e. The summed E-state index contributed by atoms with van der Waals surface area (Å²) < 4.78 is 2.23. The van der Waals surface area contributed by atoms with Crippen LogP contribution in [0.15, 0.2) is 36.7 Å². The summed E-state index contributed by atoms with van der Waals surface area (Å²) in [7, 11) is 0. The zero-order chi connectivity index (χ0) is 14.8. The summed E-state index contributed by atoms with van der Waals surface area (Å²) in [6.45, 7) is 4.35. The molecule has 0 bridgehead atoms. The highest BCUT2D eigenvalue weighted by Gasteiger charge is 2.29. The van der Waals surface area contributed by atoms with Crippen LogP contribution in [0.4, 0.5) is 0 Å². The normalized spacial score (nSPS) is 17.5. The number of hydrogen-bond acceptors (Lipinski definition) is 2. The van der Waals surface area contributed by atoms with Crippen molar-refractivity contribution in [2.75, 3.05) is 0 Å². The van der Waals surface area contributed by atoms with Crippen LogP contribution in [0, 0.1) is 5.92 Å². The second-order valence-corrected chi connectivity index (χ2v) is 6.34. The molecular weight excluding hydrogens is 260 g/mol. The molecule has 2 aromatic rings. The molecule has 3 rings (SSSR count). The molecule has 1 aliphatic rings. The largest absolute Gasteiger partial charge is 0.386 e. The van der Waals surface area contributed by atoms with Gasteiger partial charge < -0.3 is 9.67 Å². The van der Waals surface area contributed by atoms with Crippen molar-refractivity contribution in [2.45, 2.75) is 51.7 Å². The van der Waals surface area contributed by atoms with Crippen LogP contribution < -0.4 is 0 Å². The van der Waals surface area contributed by atoms with Crippen molar-refractivity contribution in [1.82, 2.24) is 9.55 Å². The Morgan fingerprint density at radius 1 is 1.10 bits per heavy atom. The van der Waals surface area contributed by atoms with Crippen LogP contribution in [-0.2, 0) is 12.8 Å². The van der Waals surface area contributed by atoms with Crippen LogP contribution >= 0.6 is 0 Å². The maximum Gasteiger partial charge on any atom is 0.1000 e. The molecule has 0 radical (unpaired) electrons. The van der Waals surface area contributed by atoms with E-state index in [4.69, 9.17) is 0 Å². The van der Waals surface area contributed by atoms with Gasteiger partial charge >= 0.3 is 0 Å². The third-order valence-electron chi connectivity index (χ3n) is 4.53. The highest BCUT2D eigenvalue weighted by Crippen LogP contribution is 2.35. The predicted molar refractivity (Wildman–Crippen MR) is 84.1 cm³/mol. The number of imidazole rings is 1. The first kappa shape index (κ1) is 14.3. The van der Waals surface area contributed by atoms with E-state index in [2.05, 4.69) is 23.4 Å². The van der Waals surface area contributed by atoms with Gasteiger partial charge in [0.05, 0.1) is 24.2 Å². The number of aliphatic hydroxyl groups is 1. The summed E-state index contributed by atoms with van der Waals surface area (Å²) in [6, 6.07) is 10.0. The molecule has 1 aromatic carbocycles. The Morgan fingerprint density at radius 3 is 2.52 bits per heavy atom. The van der Waals surface area contributed by atoms with Gasteiger partial charge in [-0.25, -0.2) is 4.98 Å². The van der Waals surface area contributed by atoms with Crippen molar-refractivity contribution in [2.24, 2.45) is 5.92 Å². The molecule has 0 saturated heterocycles. The van der Waals surface area contributed by atoms with Crippen LogP contribution in [0.25, 0.3) is 0 Å². The smallest absolute Gasteiger partial charge is 0.1000 e. The maximum absolute atomic E-state index is 10.9. The van der Waals surface area contributed by atoms with Gasteiger partial charge in [0.1, 0.15) is 0 Å². The Bertz CT molecular complexity index is 589. The van der Waals surface area contributed by atoms with Gasteiger partial charge in [0.2, 0.25) is 0 Å². The van der Waals surface area contributed by atoms with Gasteiger partial charge in [-0.3, -0.25) is 0 Å². The Hall–Kier alpha value is -1.61. The minimum atomic E-state index is -0.494. The molecule has 112 valence electrons. The fraction of sp³-hybridized carbons (Fsp3) is 0.500. The first-order chi connectivity index (χ1) is 10.2. The van der Waals surface area contributed by atoms with Gasteiger partial charge in [-0.15, -0.1) is 0 Å². The molecule has 3 heteroatoms. The van der Waals surface area contributed by atoms with Crippen molar-refractivity contribution < 1.29 is 5.11 Å². The topological polar surface area (TPSA) is 38.0 Å². The van der Waals surface area contributed by atoms with Crippen molar-refractivity contribution in [3.63, 3.8) is 0 Å². The predicted octanol–water partition coefficient (Wildman–Crippen LogP) is 3.69. The van der Waals surface area contributed by atoms with E-state index in [1.165, 1.54) is 24.2 Å². The van der Waals surface area contributed by atoms with E-state index in [1.54, 1.807) is 0 Å². The molecule has 0 fully saturated rings. The van der Waals surface area contributed by atoms with Gasteiger partial charge in [0.15, 0.2) is 0 Å². The number of aliphatic hydroxyl groups excluding tert-OH is 1. The zero-order valence-corrected chi connectivity index (χ0v) is 12.9. The van der Waals surface area contributed by atoms with Gasteiger partial charge in [-0.1, -0.05) is 44.2 Å². The van der Waals surface area contributed by atoms with E-state index in [0.29, 0.717) is 5.92 Å². The average molecular weight is 284 g/mol. The molecule has 0 amide bonds. The highest BCUT2D eigenvalue weighted by atomic mass is 16.3. The van der Waals surface area contributed by atoms with Crippen molar-refractivity contribution in [1.29, 1.82) is 0 Å². The van der Waals surface area contributed by atoms with Crippen molar-refractivity contribution >= 4 is 0 Å². The highest BCUT2D eigenvalue weighted by molar-refractivity contribution is 5.22. The summed E-state index contributed by atoms with van der Waals surface area (Å²) in [6.07, 6.45) is 6.07. The molecule has 1 heterocycles. The van der Waals surface area contributed by atoms with Gasteiger partial charge in [0, 0.05) is 5.69 Å². The molecule has 0 saturated carbocycles. The fourth-order valence-corrected chi connectivity index (χ4v) is 3.43. The Labute approximate surface area is 126 Å². The van der Waals surface area contributed by atoms with E-state index < -0.39 is 6.10 Å². The van der Waals surface area contributed by atoms with Crippen LogP contribution in [0.5, 0.6) is 0 Å². The Kier molecular flexibility index (Phi) is 4.11. The maximum atomic E-state index is 10.9. The number of nitrogens with zero attached hydrogens (tertiary/aromatic N) is 2. The van der Waals surface area contributed by atoms with E-state index in [-0.39, 0.29) is 6.04 Å². The summed E-state index contributed by atoms with van der Waals surface area (Å²) in [4.78, 5) is 4.59. The first-order valence-electron chi connectivity index (χ1n) is 7.96. The number of fused-ring (bicyclic) bond motifs is 1. The lowest BCUT2D eigenvalue weighted by molar-refractivity contribution is 0.0854. The van der Waals surface area contributed by atoms with Crippen LogP contribution in [0.2, 0.25) is 0 Å². The average Bonchev–Trinajstić information content (AvgIpc) is 2.92. The Morgan fingerprint density at radius 2 is 1.81 bits per heavy atom. The van der Waals surface area contributed by atoms with Crippen molar-refractivity contribution in [3.05, 3.63) is 53.6 Å². The second-order valence-electron chi connectivity index (χ2n) is 6.34. The molecule has 1 N–H and O–H groups in total. The molecule has 3 nitrogen and oxygen atoms in total. The van der Waals surface area contributed by atoms with Gasteiger partial charge in [-0.2, -0.15) is 0 Å². The lowest BCUT2D eigenvalue weighted by Gasteiger charge is -2.30. The number of hydrogen-bond donors (Lipinski definition) is 1. The molecule has 1 aliphatic carbocycles. The third-order valence-corrected chi connectivity index (χ3v) is 4.53. The number of rotatable bonds is 4. The van der Waals surface area contributed by atoms with E-state index >= 15 is 0 Å². The molecule has 2 atom stereocenters. The number of aryl methyl sites for hydroxylation is 1. The summed E-state index contributed by atoms with van der Waals surface area (Å²) in [5.74, 6) is 0.348. The molecule has 1 aromatic heterocycles. The zero-order valence-electron chi connectivity index (χ0n) is 12.9. The summed E-state index contributed by atoms with van der Waals surface area (Å²) in [5, 5.41) is 10.9. The SMILES string of the molecule is CC(C)C(C(O)c1ccccc1)n1cnc2c1CCCC2. The number of aromatic nitrogens is 2. The lowest BCUT2D eigenvalue weighted by atomic mass is 9.92. The molecule has 0 spiro atoms. The third kappa shape index (κ3) is 2.75. The van der Waals surface area contributed by atoms with Gasteiger partial charge in [-0.05, 0) is 37.2 Å². The molecule has 2 unspecified atom stereocenters. The first-order valence-corrected chi connectivity index (χ1v) is 7.96. The molecule has 21 heavy (non-hydrogen) atoms. The summed E-state index contributed by atoms with van der Waals surface area (Å²) >= 11 is 0. The molecular formula is C18H24N2O. The summed E-state index contributed by atoms with van der Waals surface area (Å²) in [5.41, 5.74) is 3.54. The lowest BCUT2D eigenvalue weighted by Crippen LogP contribution is -2.25. The second kappa shape index (κ2) is 6.02. The molecule has 0 aliphatic heterocycles. The van der Waals surface area contributed by atoms with E-state index in [1.807, 2.05) is 36.7 Å². The minimum absolute atomic E-state index is 0.0433. The monoisotopic (exact) mass is 284 g/mol. The van der Waals surface area contributed by atoms with Crippen LogP contribution in [0.1, 0.15) is 55.8 Å². The van der Waals surface area contributed by atoms with E-state index in [0.717, 1.165) is 18.4 Å². The van der Waals surface area contributed by atoms with Crippen LogP contribution in [-0.4, -0.2) is 14.7 Å². The Balaban J connectivity index is 1.97.